The average Bonchev–Trinajstić information content (AvgIpc) is 3.05. The third-order valence-electron chi connectivity index (χ3n) is 5.65. The maximum absolute atomic E-state index is 13.7. The minimum absolute atomic E-state index is 0.203. The fourth-order valence-electron chi connectivity index (χ4n) is 4.39. The lowest BCUT2D eigenvalue weighted by Gasteiger charge is -2.69. The van der Waals surface area contributed by atoms with Crippen LogP contribution in [0.4, 0.5) is 4.39 Å². The highest BCUT2D eigenvalue weighted by molar-refractivity contribution is 6.35. The number of piperazine rings is 1. The van der Waals surface area contributed by atoms with Crippen LogP contribution < -0.4 is 0 Å². The third-order valence-corrected chi connectivity index (χ3v) is 5.65. The van der Waals surface area contributed by atoms with E-state index in [-0.39, 0.29) is 6.54 Å². The van der Waals surface area contributed by atoms with E-state index >= 15 is 0 Å². The van der Waals surface area contributed by atoms with Gasteiger partial charge in [0, 0.05) is 44.6 Å². The zero-order chi connectivity index (χ0) is 17.9. The molecule has 134 valence electrons. The van der Waals surface area contributed by atoms with E-state index in [9.17, 15) is 14.0 Å². The molecule has 0 atom stereocenters. The molecule has 2 bridgehead atoms. The molecule has 2 aromatic rings. The van der Waals surface area contributed by atoms with Gasteiger partial charge in [0.15, 0.2) is 5.76 Å². The van der Waals surface area contributed by atoms with Crippen molar-refractivity contribution < 1.29 is 18.5 Å². The molecule has 4 aliphatic rings. The van der Waals surface area contributed by atoms with Crippen LogP contribution >= 0.6 is 0 Å². The summed E-state index contributed by atoms with van der Waals surface area (Å²) in [7, 11) is 0. The molecular formula is C18H17FN4O3. The summed E-state index contributed by atoms with van der Waals surface area (Å²) in [6, 6.07) is 7.18. The molecule has 3 saturated carbocycles. The van der Waals surface area contributed by atoms with Crippen molar-refractivity contribution in [3.8, 4) is 11.5 Å². The van der Waals surface area contributed by atoms with Crippen LogP contribution in [0.1, 0.15) is 25.0 Å². The Morgan fingerprint density at radius 3 is 2.65 bits per heavy atom. The predicted molar refractivity (Wildman–Crippen MR) is 87.3 cm³/mol. The number of halogens is 1. The first-order chi connectivity index (χ1) is 12.5. The summed E-state index contributed by atoms with van der Waals surface area (Å²) in [5.41, 5.74) is -0.285. The molecule has 6 rings (SSSR count). The molecule has 4 fully saturated rings. The van der Waals surface area contributed by atoms with Crippen LogP contribution in [0.15, 0.2) is 35.0 Å². The van der Waals surface area contributed by atoms with Crippen LogP contribution in [-0.2, 0) is 16.1 Å². The number of hydrogen-bond donors (Lipinski definition) is 0. The monoisotopic (exact) mass is 356 g/mol. The van der Waals surface area contributed by atoms with E-state index in [1.807, 2.05) is 6.07 Å². The van der Waals surface area contributed by atoms with Gasteiger partial charge >= 0.3 is 11.8 Å². The lowest BCUT2D eigenvalue weighted by Crippen LogP contribution is -2.79. The Kier molecular flexibility index (Phi) is 3.05. The summed E-state index contributed by atoms with van der Waals surface area (Å²) in [4.78, 5) is 32.2. The van der Waals surface area contributed by atoms with Crippen molar-refractivity contribution in [3.05, 3.63) is 36.2 Å². The van der Waals surface area contributed by atoms with E-state index in [2.05, 4.69) is 10.1 Å². The molecule has 3 aliphatic carbocycles. The number of nitrogens with zero attached hydrogens (tertiary/aromatic N) is 4. The third kappa shape index (κ3) is 2.17. The van der Waals surface area contributed by atoms with Crippen LogP contribution in [0, 0.1) is 0 Å². The highest BCUT2D eigenvalue weighted by Gasteiger charge is 2.73. The molecule has 8 heteroatoms. The Hall–Kier alpha value is -2.77. The molecule has 1 saturated heterocycles. The Balaban J connectivity index is 1.27. The summed E-state index contributed by atoms with van der Waals surface area (Å²) < 4.78 is 19.0. The van der Waals surface area contributed by atoms with Gasteiger partial charge in [-0.15, -0.1) is 0 Å². The number of hydrogen-bond acceptors (Lipinski definition) is 5. The van der Waals surface area contributed by atoms with Crippen molar-refractivity contribution >= 4 is 11.8 Å². The second-order valence-corrected chi connectivity index (χ2v) is 7.49. The van der Waals surface area contributed by atoms with Crippen molar-refractivity contribution in [1.82, 2.24) is 19.9 Å². The highest BCUT2D eigenvalue weighted by Crippen LogP contribution is 2.66. The van der Waals surface area contributed by atoms with Crippen molar-refractivity contribution in [2.45, 2.75) is 37.0 Å². The number of carbonyl (C=O) groups is 2. The highest BCUT2D eigenvalue weighted by atomic mass is 19.1. The molecule has 2 aromatic heterocycles. The standard InChI is InChI=1S/C18H17FN4O3/c19-17-9-18(10-17,11-17)23-6-5-22(15(24)16(23)25)8-12-7-14(26-21-12)13-3-1-2-4-20-13/h1-4,7H,5-6,8-11H2. The van der Waals surface area contributed by atoms with E-state index in [4.69, 9.17) is 4.52 Å². The first kappa shape index (κ1) is 15.5. The van der Waals surface area contributed by atoms with Crippen molar-refractivity contribution in [2.24, 2.45) is 0 Å². The van der Waals surface area contributed by atoms with Gasteiger partial charge in [0.25, 0.3) is 0 Å². The first-order valence-corrected chi connectivity index (χ1v) is 8.65. The summed E-state index contributed by atoms with van der Waals surface area (Å²) in [6.07, 6.45) is 2.77. The summed E-state index contributed by atoms with van der Waals surface area (Å²) in [5, 5.41) is 3.97. The van der Waals surface area contributed by atoms with Crippen LogP contribution in [0.3, 0.4) is 0 Å². The normalized spacial score (nSPS) is 30.2. The first-order valence-electron chi connectivity index (χ1n) is 8.65. The van der Waals surface area contributed by atoms with Gasteiger partial charge in [-0.2, -0.15) is 0 Å². The number of aromatic nitrogens is 2. The van der Waals surface area contributed by atoms with Crippen LogP contribution in [0.2, 0.25) is 0 Å². The van der Waals surface area contributed by atoms with Crippen molar-refractivity contribution in [1.29, 1.82) is 0 Å². The minimum atomic E-state index is -1.09. The lowest BCUT2D eigenvalue weighted by molar-refractivity contribution is -0.230. The number of carbonyl (C=O) groups excluding carboxylic acids is 2. The zero-order valence-electron chi connectivity index (χ0n) is 14.0. The van der Waals surface area contributed by atoms with Gasteiger partial charge in [0.1, 0.15) is 17.1 Å². The molecule has 26 heavy (non-hydrogen) atoms. The molecule has 3 heterocycles. The lowest BCUT2D eigenvalue weighted by atomic mass is 9.46. The van der Waals surface area contributed by atoms with Gasteiger partial charge in [0.2, 0.25) is 0 Å². The van der Waals surface area contributed by atoms with E-state index in [0.29, 0.717) is 49.5 Å². The molecule has 0 spiro atoms. The largest absolute Gasteiger partial charge is 0.354 e. The van der Waals surface area contributed by atoms with E-state index in [0.717, 1.165) is 0 Å². The maximum Gasteiger partial charge on any atom is 0.312 e. The molecule has 2 amide bonds. The smallest absolute Gasteiger partial charge is 0.312 e. The number of rotatable bonds is 4. The summed E-state index contributed by atoms with van der Waals surface area (Å²) >= 11 is 0. The molecule has 0 N–H and O–H groups in total. The fraction of sp³-hybridized carbons (Fsp3) is 0.444. The van der Waals surface area contributed by atoms with E-state index < -0.39 is 23.0 Å². The molecule has 0 radical (unpaired) electrons. The fourth-order valence-corrected chi connectivity index (χ4v) is 4.39. The van der Waals surface area contributed by atoms with Gasteiger partial charge in [-0.1, -0.05) is 11.2 Å². The minimum Gasteiger partial charge on any atom is -0.354 e. The molecule has 7 nitrogen and oxygen atoms in total. The number of alkyl halides is 1. The van der Waals surface area contributed by atoms with Gasteiger partial charge in [0.05, 0.1) is 12.1 Å². The second kappa shape index (κ2) is 5.12. The predicted octanol–water partition coefficient (Wildman–Crippen LogP) is 1.55. The van der Waals surface area contributed by atoms with Gasteiger partial charge in [-0.3, -0.25) is 14.6 Å². The second-order valence-electron chi connectivity index (χ2n) is 7.49. The van der Waals surface area contributed by atoms with Gasteiger partial charge in [-0.25, -0.2) is 4.39 Å². The molecule has 0 unspecified atom stereocenters. The quantitative estimate of drug-likeness (QED) is 0.777. The van der Waals surface area contributed by atoms with Crippen molar-refractivity contribution in [2.75, 3.05) is 13.1 Å². The Morgan fingerprint density at radius 2 is 1.96 bits per heavy atom. The topological polar surface area (TPSA) is 79.5 Å². The Morgan fingerprint density at radius 1 is 1.15 bits per heavy atom. The number of pyridine rings is 1. The Bertz CT molecular complexity index is 877. The summed E-state index contributed by atoms with van der Waals surface area (Å²) in [5.74, 6) is -0.581. The van der Waals surface area contributed by atoms with Crippen molar-refractivity contribution in [3.63, 3.8) is 0 Å². The van der Waals surface area contributed by atoms with E-state index in [1.54, 1.807) is 29.3 Å². The molecule has 0 aromatic carbocycles. The zero-order valence-corrected chi connectivity index (χ0v) is 14.0. The SMILES string of the molecule is O=C1C(=O)N(C23CC(F)(C2)C3)CCN1Cc1cc(-c2ccccn2)on1. The average molecular weight is 356 g/mol. The van der Waals surface area contributed by atoms with Crippen LogP contribution in [0.5, 0.6) is 0 Å². The summed E-state index contributed by atoms with van der Waals surface area (Å²) in [6.45, 7) is 1.05. The molecular weight excluding hydrogens is 339 g/mol. The molecule has 1 aliphatic heterocycles. The van der Waals surface area contributed by atoms with Crippen LogP contribution in [-0.4, -0.2) is 56.1 Å². The van der Waals surface area contributed by atoms with Gasteiger partial charge in [-0.05, 0) is 12.1 Å². The van der Waals surface area contributed by atoms with Crippen LogP contribution in [0.25, 0.3) is 11.5 Å². The van der Waals surface area contributed by atoms with Gasteiger partial charge < -0.3 is 14.3 Å². The maximum atomic E-state index is 13.7. The Labute approximate surface area is 148 Å². The van der Waals surface area contributed by atoms with E-state index in [1.165, 1.54) is 4.90 Å². The number of amides is 2.